The molecule has 4 aromatic carbocycles. The summed E-state index contributed by atoms with van der Waals surface area (Å²) in [7, 11) is 4.57. The van der Waals surface area contributed by atoms with E-state index in [2.05, 4.69) is 116 Å². The Hall–Kier alpha value is -12.2. The number of nitrogens with two attached hydrogens (primary N) is 3. The van der Waals surface area contributed by atoms with E-state index < -0.39 is 9.73 Å². The van der Waals surface area contributed by atoms with Crippen LogP contribution in [-0.4, -0.2) is 185 Å². The Kier molecular flexibility index (Phi) is 40.6. The monoisotopic (exact) mass is 1830 g/mol. The Morgan fingerprint density at radius 2 is 0.889 bits per heavy atom. The Bertz CT molecular complexity index is 5420. The molecule has 4 unspecified atom stereocenters. The number of nitrogens with zero attached hydrogens (tertiary/aromatic N) is 18. The molecule has 4 saturated heterocycles. The number of pyridine rings is 1. The lowest BCUT2D eigenvalue weighted by molar-refractivity contribution is -0.118. The SMILES string of the molecule is C.COc1cccc(CC(=O)Cc2ccc(Cl)nn2)c1.COc1cccc(CC(=O)Cc2ccc(N3CCC(C#N)C3)nn2)c1.COc1cccc(CC(=O)Cc2ccc(N3CCC(c4nnc(CC(=O)Cc5ccccn5)s4)C3)nn2)c1.COc1cccc(CC(=O)Cc2ccc(N3CCC(c4nnc(N)s4)C3)nn2)c1.Cl.N#CC1CCNC1.NNC(N)=S.[3H]P([3H])[3H]. The van der Waals surface area contributed by atoms with Gasteiger partial charge in [-0.3, -0.25) is 29.0 Å². The van der Waals surface area contributed by atoms with Crippen LogP contribution < -0.4 is 61.7 Å². The van der Waals surface area contributed by atoms with E-state index in [-0.39, 0.29) is 97.8 Å². The van der Waals surface area contributed by atoms with E-state index in [0.717, 1.165) is 155 Å². The van der Waals surface area contributed by atoms with Crippen LogP contribution in [0.5, 0.6) is 23.0 Å². The molecule has 4 aliphatic rings. The van der Waals surface area contributed by atoms with Gasteiger partial charge in [0.05, 0.1) is 111 Å². The van der Waals surface area contributed by atoms with Gasteiger partial charge in [-0.05, 0) is 176 Å². The van der Waals surface area contributed by atoms with Crippen molar-refractivity contribution < 1.29 is 42.9 Å². The number of halogens is 2. The molecule has 0 radical (unpaired) electrons. The zero-order valence-electron chi connectivity index (χ0n) is 72.4. The Morgan fingerprint density at radius 3 is 1.22 bits per heavy atom. The van der Waals surface area contributed by atoms with Gasteiger partial charge in [-0.25, -0.2) is 5.84 Å². The Morgan fingerprint density at radius 1 is 0.500 bits per heavy atom. The standard InChI is InChI=1S/C28H28N6O3S.C20H22N6O2S.C19H20N4O2.C14H13ClN2O2.C5H8N2.CH5N3S.CH4.ClH.H3P/c1-37-25-7-4-5-19(14-25)13-23(35)16-22-8-9-26(31-30-22)34-12-10-20(18-34)28-33-32-27(38-28)17-24(36)15-21-6-2-3-11-29-21;1-28-17-4-2-3-13(10-17)9-16(27)11-15-5-6-18(23-22-15)26-8-7-14(12-26)19-24-25-20(21)29-19;1-25-18-4-2-3-14(10-18)9-17(24)11-16-5-6-19(22-21-16)23-8-7-15(12-20)13-23;1-19-13-4-2-3-10(8-13)7-12(18)9-11-5-6-14(15)17-16-11;6-3-5-1-2-7-4-5;2-1(5)4-3;;;/h2-9,11,14,20H,10,12-13,15-18H2,1H3;2-6,10,14H,7-9,11-12H2,1H3,(H2,21,25);2-6,10,15H,7-9,11,13H2,1H3;2-6,8H,7,9H2,1H3;5,7H,1-2,4H2;3H2,(H3,2,4,5);1H4;1H;1H3/i;;;;;;;;1T3. The zero-order valence-corrected chi connectivity index (χ0v) is 74.4. The van der Waals surface area contributed by atoms with Crippen LogP contribution in [0.2, 0.25) is 5.15 Å². The van der Waals surface area contributed by atoms with Gasteiger partial charge in [0.1, 0.15) is 66.9 Å². The van der Waals surface area contributed by atoms with Crippen LogP contribution in [0, 0.1) is 34.5 Å². The van der Waals surface area contributed by atoms with Gasteiger partial charge in [-0.2, -0.15) is 40.7 Å². The van der Waals surface area contributed by atoms with Gasteiger partial charge in [-0.15, -0.1) is 64.5 Å². The molecule has 11 aromatic rings. The van der Waals surface area contributed by atoms with E-state index in [0.29, 0.717) is 83.5 Å². The van der Waals surface area contributed by atoms with E-state index >= 15 is 0 Å². The quantitative estimate of drug-likeness (QED) is 0.0126. The maximum Gasteiger partial charge on any atom is 0.203 e. The number of methoxy groups -OCH3 is 4. The van der Waals surface area contributed by atoms with Crippen LogP contribution in [0.15, 0.2) is 170 Å². The normalized spacial score (nSPS) is 15.3. The summed E-state index contributed by atoms with van der Waals surface area (Å²) in [5.74, 6) is 11.3. The average molecular weight is 1830 g/mol. The van der Waals surface area contributed by atoms with Gasteiger partial charge >= 0.3 is 0 Å². The van der Waals surface area contributed by atoms with Crippen molar-refractivity contribution in [1.82, 2.24) is 76.9 Å². The third kappa shape index (κ3) is 33.7. The number of Topliss-reactive ketones (excluding diaryl/α,β-unsaturated/α-hetero) is 5. The highest BCUT2D eigenvalue weighted by molar-refractivity contribution is 7.80. The van der Waals surface area contributed by atoms with Crippen molar-refractivity contribution in [2.75, 3.05) is 101 Å². The summed E-state index contributed by atoms with van der Waals surface area (Å²) in [6.45, 7) is 6.74. The van der Waals surface area contributed by atoms with E-state index in [9.17, 15) is 24.0 Å². The number of hydrogen-bond acceptors (Lipinski definition) is 33. The minimum absolute atomic E-state index is 0. The molecule has 4 atom stereocenters. The molecule has 8 N–H and O–H groups in total. The fourth-order valence-corrected chi connectivity index (χ4v) is 15.2. The first-order valence-electron chi connectivity index (χ1n) is 40.9. The number of ether oxygens (including phenoxy) is 4. The summed E-state index contributed by atoms with van der Waals surface area (Å²) in [4.78, 5) is 72.1. The molecule has 0 amide bonds. The minimum Gasteiger partial charge on any atom is -0.497 e. The maximum absolute atomic E-state index is 12.5. The number of aromatic nitrogens is 13. The summed E-state index contributed by atoms with van der Waals surface area (Å²) in [5, 5.41) is 73.8. The van der Waals surface area contributed by atoms with Crippen LogP contribution in [0.25, 0.3) is 0 Å². The van der Waals surface area contributed by atoms with Crippen molar-refractivity contribution in [2.45, 2.75) is 109 Å². The van der Waals surface area contributed by atoms with Gasteiger partial charge in [0.25, 0.3) is 0 Å². The Labute approximate surface area is 764 Å². The maximum atomic E-state index is 12.5. The number of hydrazine groups is 1. The zero-order chi connectivity index (χ0) is 90.8. The first-order chi connectivity index (χ1) is 61.4. The molecular formula is C88H104Cl2N23O9PS3. The van der Waals surface area contributed by atoms with Gasteiger partial charge in [0.15, 0.2) is 27.7 Å². The van der Waals surface area contributed by atoms with Crippen LogP contribution in [0.4, 0.5) is 22.6 Å². The fourth-order valence-electron chi connectivity index (χ4n) is 13.4. The third-order valence-corrected chi connectivity index (χ3v) is 22.0. The number of benzene rings is 4. The number of ketones is 5. The molecule has 4 fully saturated rings. The van der Waals surface area contributed by atoms with Gasteiger partial charge < -0.3 is 55.9 Å². The second-order valence-corrected chi connectivity index (χ2v) is 31.9. The number of rotatable bonds is 29. The molecule has 0 saturated carbocycles. The highest BCUT2D eigenvalue weighted by Crippen LogP contribution is 2.34. The third-order valence-electron chi connectivity index (χ3n) is 19.7. The number of hydrogen-bond donors (Lipinski definition) is 5. The minimum atomic E-state index is -1.87. The average Bonchev–Trinajstić information content (AvgIpc) is 1.68. The number of carbonyl (C=O) groups is 5. The summed E-state index contributed by atoms with van der Waals surface area (Å²) in [6, 6.07) is 54.7. The van der Waals surface area contributed by atoms with E-state index in [4.69, 9.17) is 56.4 Å². The smallest absolute Gasteiger partial charge is 0.203 e. The van der Waals surface area contributed by atoms with Gasteiger partial charge in [-0.1, -0.05) is 85.0 Å². The predicted molar refractivity (Wildman–Crippen MR) is 497 cm³/mol. The van der Waals surface area contributed by atoms with E-state index in [1.165, 1.54) is 22.7 Å². The van der Waals surface area contributed by atoms with E-state index in [1.54, 1.807) is 46.8 Å². The largest absolute Gasteiger partial charge is 0.497 e. The first-order valence-corrected chi connectivity index (χ1v) is 42.0. The summed E-state index contributed by atoms with van der Waals surface area (Å²) in [5.41, 5.74) is 19.6. The van der Waals surface area contributed by atoms with Crippen molar-refractivity contribution >= 4 is 125 Å². The molecule has 11 heterocycles. The van der Waals surface area contributed by atoms with Crippen LogP contribution >= 0.6 is 68.6 Å². The molecule has 662 valence electrons. The molecule has 7 aromatic heterocycles. The lowest BCUT2D eigenvalue weighted by Crippen LogP contribution is -2.34. The van der Waals surface area contributed by atoms with Crippen molar-refractivity contribution in [3.63, 3.8) is 0 Å². The molecule has 0 aliphatic carbocycles. The van der Waals surface area contributed by atoms with Crippen LogP contribution in [0.3, 0.4) is 0 Å². The lowest BCUT2D eigenvalue weighted by Gasteiger charge is -2.16. The fraction of sp³-hybridized carbons (Fsp3) is 0.352. The molecule has 4 aliphatic heterocycles. The number of nitrogens with one attached hydrogen (secondary N) is 2. The number of nitrogen functional groups attached to an aromatic ring is 1. The molecule has 126 heavy (non-hydrogen) atoms. The highest BCUT2D eigenvalue weighted by Gasteiger charge is 2.31. The van der Waals surface area contributed by atoms with Gasteiger partial charge in [0.2, 0.25) is 5.13 Å². The van der Waals surface area contributed by atoms with Crippen molar-refractivity contribution in [1.29, 1.82) is 14.4 Å². The number of anilines is 4. The van der Waals surface area contributed by atoms with Gasteiger partial charge in [0, 0.05) is 102 Å². The predicted octanol–water partition coefficient (Wildman–Crippen LogP) is 10.3. The topological polar surface area (TPSA) is 449 Å². The molecular weight excluding hydrogens is 1720 g/mol. The first kappa shape index (κ1) is 96.0. The number of nitriles is 2. The second kappa shape index (κ2) is 53.2. The van der Waals surface area contributed by atoms with Crippen LogP contribution in [0.1, 0.15) is 111 Å². The Balaban J connectivity index is 0.000000226. The van der Waals surface area contributed by atoms with E-state index in [1.807, 2.05) is 157 Å². The highest BCUT2D eigenvalue weighted by atomic mass is 35.5. The summed E-state index contributed by atoms with van der Waals surface area (Å²) < 4.78 is 38.7. The van der Waals surface area contributed by atoms with Crippen molar-refractivity contribution in [3.8, 4) is 35.1 Å². The van der Waals surface area contributed by atoms with Crippen molar-refractivity contribution in [3.05, 3.63) is 241 Å². The number of thiocarbonyl (C=S) groups is 1. The molecule has 32 nitrogen and oxygen atoms in total. The summed E-state index contributed by atoms with van der Waals surface area (Å²) >= 11 is 12.8. The molecule has 38 heteroatoms. The molecule has 0 spiro atoms. The molecule has 15 rings (SSSR count). The number of carbonyl (C=O) groups excluding carboxylic acids is 5. The summed E-state index contributed by atoms with van der Waals surface area (Å²) in [6.07, 6.45) is 8.45. The van der Waals surface area contributed by atoms with Crippen LogP contribution in [-0.2, 0) is 88.2 Å². The second-order valence-electron chi connectivity index (χ2n) is 28.9. The van der Waals surface area contributed by atoms with Crippen molar-refractivity contribution in [2.24, 2.45) is 23.4 Å². The molecule has 0 bridgehead atoms. The lowest BCUT2D eigenvalue weighted by atomic mass is 10.1.